The normalized spacial score (nSPS) is 9.52. The number of allylic oxidation sites excluding steroid dienone is 1. The Hall–Kier alpha value is -1.71. The van der Waals surface area contributed by atoms with Gasteiger partial charge in [0.15, 0.2) is 0 Å². The van der Waals surface area contributed by atoms with Crippen LogP contribution in [0.3, 0.4) is 0 Å². The summed E-state index contributed by atoms with van der Waals surface area (Å²) in [4.78, 5) is 10.9. The molecule has 0 radical (unpaired) electrons. The summed E-state index contributed by atoms with van der Waals surface area (Å²) < 4.78 is 0. The highest BCUT2D eigenvalue weighted by Gasteiger charge is 2.04. The summed E-state index contributed by atoms with van der Waals surface area (Å²) in [6, 6.07) is 15.0. The minimum absolute atomic E-state index is 0.932. The fourth-order valence-corrected chi connectivity index (χ4v) is 3.45. The first kappa shape index (κ1) is 25.3. The number of benzene rings is 1. The molecule has 1 aromatic carbocycles. The molecule has 0 atom stereocenters. The quantitative estimate of drug-likeness (QED) is 0.508. The van der Waals surface area contributed by atoms with E-state index in [-0.39, 0.29) is 0 Å². The standard InChI is InChI=1S/C18H23NS.C5H12.CH2O/c1-14(2)17(11-18-10-9-15(3)20-18)13-19-12-16-7-5-4-6-8-16;1-3-5-4-2;1-2/h4-10,19H,11-13H2,1-3H3;3-5H2,1-2H3;1H2. The molecule has 0 aliphatic heterocycles. The van der Waals surface area contributed by atoms with Crippen LogP contribution in [0.5, 0.6) is 0 Å². The number of hydrogen-bond acceptors (Lipinski definition) is 3. The van der Waals surface area contributed by atoms with Gasteiger partial charge in [0, 0.05) is 29.3 Å². The van der Waals surface area contributed by atoms with Gasteiger partial charge in [-0.25, -0.2) is 0 Å². The number of carbonyl (C=O) groups excluding carboxylic acids is 1. The van der Waals surface area contributed by atoms with Crippen LogP contribution in [0.4, 0.5) is 0 Å². The number of nitrogens with one attached hydrogen (secondary N) is 1. The number of unbranched alkanes of at least 4 members (excludes halogenated alkanes) is 2. The first-order valence-electron chi connectivity index (χ1n) is 9.80. The Morgan fingerprint density at radius 2 is 1.63 bits per heavy atom. The molecule has 3 heteroatoms. The van der Waals surface area contributed by atoms with Crippen molar-refractivity contribution in [3.63, 3.8) is 0 Å². The summed E-state index contributed by atoms with van der Waals surface area (Å²) in [6.07, 6.45) is 5.15. The Morgan fingerprint density at radius 1 is 1.00 bits per heavy atom. The zero-order valence-electron chi connectivity index (χ0n) is 17.8. The molecule has 0 aliphatic carbocycles. The molecule has 1 heterocycles. The van der Waals surface area contributed by atoms with Crippen LogP contribution < -0.4 is 5.32 Å². The van der Waals surface area contributed by atoms with Gasteiger partial charge < -0.3 is 10.1 Å². The van der Waals surface area contributed by atoms with Crippen LogP contribution in [0.2, 0.25) is 0 Å². The van der Waals surface area contributed by atoms with Crippen LogP contribution >= 0.6 is 11.3 Å². The van der Waals surface area contributed by atoms with E-state index in [2.05, 4.69) is 82.4 Å². The zero-order chi connectivity index (χ0) is 20.5. The van der Waals surface area contributed by atoms with Crippen molar-refractivity contribution in [1.82, 2.24) is 5.32 Å². The molecule has 150 valence electrons. The highest BCUT2D eigenvalue weighted by Crippen LogP contribution is 2.20. The molecule has 0 aliphatic rings. The second kappa shape index (κ2) is 16.5. The third kappa shape index (κ3) is 12.3. The number of hydrogen-bond donors (Lipinski definition) is 1. The molecule has 1 N–H and O–H groups in total. The van der Waals surface area contributed by atoms with Gasteiger partial charge in [-0.05, 0) is 38.5 Å². The molecular weight excluding hydrogens is 350 g/mol. The molecule has 0 saturated carbocycles. The average Bonchev–Trinajstić information content (AvgIpc) is 3.09. The van der Waals surface area contributed by atoms with E-state index in [0.717, 1.165) is 19.5 Å². The van der Waals surface area contributed by atoms with E-state index in [0.29, 0.717) is 0 Å². The molecule has 0 saturated heterocycles. The van der Waals surface area contributed by atoms with E-state index in [1.165, 1.54) is 45.7 Å². The molecule has 2 nitrogen and oxygen atoms in total. The van der Waals surface area contributed by atoms with Gasteiger partial charge in [0.05, 0.1) is 0 Å². The highest BCUT2D eigenvalue weighted by atomic mass is 32.1. The SMILES string of the molecule is C=O.CC(C)=C(CNCc1ccccc1)Cc1ccc(C)s1.CCCCC. The summed E-state index contributed by atoms with van der Waals surface area (Å²) >= 11 is 1.90. The van der Waals surface area contributed by atoms with Crippen LogP contribution in [0.1, 0.15) is 62.3 Å². The zero-order valence-corrected chi connectivity index (χ0v) is 18.6. The van der Waals surface area contributed by atoms with E-state index in [4.69, 9.17) is 4.79 Å². The van der Waals surface area contributed by atoms with Gasteiger partial charge in [-0.1, -0.05) is 74.6 Å². The lowest BCUT2D eigenvalue weighted by Crippen LogP contribution is -2.18. The average molecular weight is 388 g/mol. The Bertz CT molecular complexity index is 625. The third-order valence-electron chi connectivity index (χ3n) is 4.11. The van der Waals surface area contributed by atoms with Crippen molar-refractivity contribution >= 4 is 18.1 Å². The predicted molar refractivity (Wildman–Crippen MR) is 122 cm³/mol. The minimum atomic E-state index is 0.932. The molecule has 2 rings (SSSR count). The van der Waals surface area contributed by atoms with Crippen molar-refractivity contribution in [2.24, 2.45) is 0 Å². The second-order valence-electron chi connectivity index (χ2n) is 6.74. The molecular formula is C24H37NOS. The topological polar surface area (TPSA) is 29.1 Å². The van der Waals surface area contributed by atoms with Crippen molar-refractivity contribution < 1.29 is 4.79 Å². The van der Waals surface area contributed by atoms with Gasteiger partial charge in [-0.3, -0.25) is 0 Å². The minimum Gasteiger partial charge on any atom is -0.309 e. The van der Waals surface area contributed by atoms with Gasteiger partial charge in [-0.2, -0.15) is 0 Å². The van der Waals surface area contributed by atoms with Crippen LogP contribution in [0, 0.1) is 6.92 Å². The Balaban J connectivity index is 0.000000838. The van der Waals surface area contributed by atoms with E-state index >= 15 is 0 Å². The van der Waals surface area contributed by atoms with E-state index in [9.17, 15) is 0 Å². The summed E-state index contributed by atoms with van der Waals surface area (Å²) in [5.41, 5.74) is 4.27. The monoisotopic (exact) mass is 387 g/mol. The second-order valence-corrected chi connectivity index (χ2v) is 8.11. The van der Waals surface area contributed by atoms with E-state index in [1.54, 1.807) is 0 Å². The van der Waals surface area contributed by atoms with Gasteiger partial charge in [0.1, 0.15) is 6.79 Å². The van der Waals surface area contributed by atoms with Gasteiger partial charge in [-0.15, -0.1) is 11.3 Å². The maximum Gasteiger partial charge on any atom is 0.106 e. The van der Waals surface area contributed by atoms with E-state index < -0.39 is 0 Å². The molecule has 2 aromatic rings. The van der Waals surface area contributed by atoms with Crippen LogP contribution in [0.15, 0.2) is 53.6 Å². The fourth-order valence-electron chi connectivity index (χ4n) is 2.51. The molecule has 0 amide bonds. The number of rotatable bonds is 8. The van der Waals surface area contributed by atoms with E-state index in [1.807, 2.05) is 18.1 Å². The molecule has 0 unspecified atom stereocenters. The maximum atomic E-state index is 8.00. The van der Waals surface area contributed by atoms with Crippen LogP contribution in [-0.4, -0.2) is 13.3 Å². The van der Waals surface area contributed by atoms with Crippen molar-refractivity contribution in [3.8, 4) is 0 Å². The summed E-state index contributed by atoms with van der Waals surface area (Å²) in [6.45, 7) is 14.9. The highest BCUT2D eigenvalue weighted by molar-refractivity contribution is 7.11. The first-order chi connectivity index (χ1) is 13.1. The van der Waals surface area contributed by atoms with Gasteiger partial charge in [0.2, 0.25) is 0 Å². The fraction of sp³-hybridized carbons (Fsp3) is 0.458. The number of aryl methyl sites for hydroxylation is 1. The maximum absolute atomic E-state index is 8.00. The van der Waals surface area contributed by atoms with Crippen molar-refractivity contribution in [2.45, 2.75) is 66.8 Å². The summed E-state index contributed by atoms with van der Waals surface area (Å²) in [7, 11) is 0. The molecule has 0 fully saturated rings. The lowest BCUT2D eigenvalue weighted by atomic mass is 10.1. The largest absolute Gasteiger partial charge is 0.309 e. The number of carbonyl (C=O) groups is 1. The smallest absolute Gasteiger partial charge is 0.106 e. The van der Waals surface area contributed by atoms with Crippen molar-refractivity contribution in [3.05, 3.63) is 68.9 Å². The first-order valence-corrected chi connectivity index (χ1v) is 10.6. The number of thiophene rings is 1. The lowest BCUT2D eigenvalue weighted by molar-refractivity contribution is -0.0979. The summed E-state index contributed by atoms with van der Waals surface area (Å²) in [5, 5.41) is 3.56. The Kier molecular flexibility index (Phi) is 15.4. The van der Waals surface area contributed by atoms with Crippen LogP contribution in [-0.2, 0) is 17.8 Å². The van der Waals surface area contributed by atoms with Gasteiger partial charge in [0.25, 0.3) is 0 Å². The molecule has 1 aromatic heterocycles. The third-order valence-corrected chi connectivity index (χ3v) is 5.11. The Labute approximate surface area is 170 Å². The van der Waals surface area contributed by atoms with Crippen LogP contribution in [0.25, 0.3) is 0 Å². The predicted octanol–water partition coefficient (Wildman–Crippen LogP) is 6.74. The van der Waals surface area contributed by atoms with Gasteiger partial charge >= 0.3 is 0 Å². The van der Waals surface area contributed by atoms with Crippen molar-refractivity contribution in [2.75, 3.05) is 6.54 Å². The molecule has 0 spiro atoms. The molecule has 0 bridgehead atoms. The lowest BCUT2D eigenvalue weighted by Gasteiger charge is -2.11. The Morgan fingerprint density at radius 3 is 2.07 bits per heavy atom. The molecule has 27 heavy (non-hydrogen) atoms. The van der Waals surface area contributed by atoms with Crippen molar-refractivity contribution in [1.29, 1.82) is 0 Å². The summed E-state index contributed by atoms with van der Waals surface area (Å²) in [5.74, 6) is 0.